The number of nitrogens with one attached hydrogen (secondary N) is 1. The van der Waals surface area contributed by atoms with E-state index in [4.69, 9.17) is 16.3 Å². The first-order valence-electron chi connectivity index (χ1n) is 5.51. The minimum Gasteiger partial charge on any atom is -0.463 e. The molecule has 0 aliphatic carbocycles. The second-order valence-corrected chi connectivity index (χ2v) is 3.85. The van der Waals surface area contributed by atoms with Crippen LogP contribution in [0.3, 0.4) is 0 Å². The van der Waals surface area contributed by atoms with Crippen LogP contribution < -0.4 is 5.32 Å². The Kier molecular flexibility index (Phi) is 6.37. The summed E-state index contributed by atoms with van der Waals surface area (Å²) in [7, 11) is 0. The molecule has 4 heteroatoms. The molecule has 0 saturated heterocycles. The molecule has 0 radical (unpaired) electrons. The first-order chi connectivity index (χ1) is 8.22. The quantitative estimate of drug-likeness (QED) is 0.481. The first kappa shape index (κ1) is 13.7. The van der Waals surface area contributed by atoms with Gasteiger partial charge in [-0.2, -0.15) is 0 Å². The first-order valence-corrected chi connectivity index (χ1v) is 5.88. The second kappa shape index (κ2) is 7.87. The fourth-order valence-electron chi connectivity index (χ4n) is 1.29. The second-order valence-electron chi connectivity index (χ2n) is 3.42. The average Bonchev–Trinajstić information content (AvgIpc) is 2.29. The highest BCUT2D eigenvalue weighted by Crippen LogP contribution is 2.09. The van der Waals surface area contributed by atoms with Crippen molar-refractivity contribution in [2.75, 3.05) is 13.2 Å². The molecule has 1 aromatic rings. The third kappa shape index (κ3) is 6.09. The molecule has 0 atom stereocenters. The van der Waals surface area contributed by atoms with Gasteiger partial charge in [-0.3, -0.25) is 0 Å². The predicted molar refractivity (Wildman–Crippen MR) is 68.9 cm³/mol. The van der Waals surface area contributed by atoms with Gasteiger partial charge in [0, 0.05) is 24.2 Å². The van der Waals surface area contributed by atoms with Crippen LogP contribution in [-0.2, 0) is 16.1 Å². The van der Waals surface area contributed by atoms with Crippen LogP contribution in [0.1, 0.15) is 12.5 Å². The van der Waals surface area contributed by atoms with E-state index in [0.29, 0.717) is 19.7 Å². The van der Waals surface area contributed by atoms with Crippen LogP contribution >= 0.6 is 11.6 Å². The predicted octanol–water partition coefficient (Wildman–Crippen LogP) is 2.55. The number of benzene rings is 1. The van der Waals surface area contributed by atoms with Gasteiger partial charge in [-0.05, 0) is 24.6 Å². The molecule has 0 amide bonds. The summed E-state index contributed by atoms with van der Waals surface area (Å²) in [5.74, 6) is -0.308. The third-order valence-electron chi connectivity index (χ3n) is 2.02. The largest absolute Gasteiger partial charge is 0.463 e. The normalized spacial score (nSPS) is 10.7. The van der Waals surface area contributed by atoms with Crippen molar-refractivity contribution in [1.82, 2.24) is 5.32 Å². The van der Waals surface area contributed by atoms with Gasteiger partial charge in [0.15, 0.2) is 0 Å². The number of rotatable bonds is 6. The Hall–Kier alpha value is -1.32. The molecule has 1 N–H and O–H groups in total. The summed E-state index contributed by atoms with van der Waals surface area (Å²) in [5.41, 5.74) is 1.11. The Morgan fingerprint density at radius 2 is 2.35 bits per heavy atom. The SMILES string of the molecule is CCOC(=O)/C=C/CNCc1cccc(Cl)c1. The van der Waals surface area contributed by atoms with Crippen molar-refractivity contribution in [2.45, 2.75) is 13.5 Å². The molecule has 17 heavy (non-hydrogen) atoms. The van der Waals surface area contributed by atoms with Gasteiger partial charge in [0.2, 0.25) is 0 Å². The molecule has 0 aromatic heterocycles. The highest BCUT2D eigenvalue weighted by molar-refractivity contribution is 6.30. The summed E-state index contributed by atoms with van der Waals surface area (Å²) < 4.78 is 4.75. The van der Waals surface area contributed by atoms with Crippen molar-refractivity contribution in [3.63, 3.8) is 0 Å². The number of hydrogen-bond acceptors (Lipinski definition) is 3. The number of halogens is 1. The molecule has 0 aliphatic heterocycles. The Morgan fingerprint density at radius 3 is 3.06 bits per heavy atom. The van der Waals surface area contributed by atoms with Gasteiger partial charge in [0.25, 0.3) is 0 Å². The Balaban J connectivity index is 2.22. The lowest BCUT2D eigenvalue weighted by atomic mass is 10.2. The molecular formula is C13H16ClNO2. The van der Waals surface area contributed by atoms with E-state index in [1.165, 1.54) is 6.08 Å². The summed E-state index contributed by atoms with van der Waals surface area (Å²) in [6, 6.07) is 7.65. The summed E-state index contributed by atoms with van der Waals surface area (Å²) in [6.45, 7) is 3.52. The molecular weight excluding hydrogens is 238 g/mol. The zero-order valence-electron chi connectivity index (χ0n) is 9.78. The highest BCUT2D eigenvalue weighted by atomic mass is 35.5. The van der Waals surface area contributed by atoms with Gasteiger partial charge in [-0.25, -0.2) is 4.79 Å². The van der Waals surface area contributed by atoms with E-state index in [9.17, 15) is 4.79 Å². The van der Waals surface area contributed by atoms with Crippen molar-refractivity contribution < 1.29 is 9.53 Å². The minimum absolute atomic E-state index is 0.308. The van der Waals surface area contributed by atoms with Gasteiger partial charge in [-0.15, -0.1) is 0 Å². The molecule has 0 fully saturated rings. The maximum absolute atomic E-state index is 11.0. The van der Waals surface area contributed by atoms with Crippen LogP contribution in [0.5, 0.6) is 0 Å². The lowest BCUT2D eigenvalue weighted by Gasteiger charge is -2.02. The van der Waals surface area contributed by atoms with Gasteiger partial charge < -0.3 is 10.1 Å². The van der Waals surface area contributed by atoms with E-state index in [0.717, 1.165) is 10.6 Å². The Bertz CT molecular complexity index is 391. The fraction of sp³-hybridized carbons (Fsp3) is 0.308. The van der Waals surface area contributed by atoms with E-state index in [-0.39, 0.29) is 5.97 Å². The number of esters is 1. The summed E-state index contributed by atoms with van der Waals surface area (Å²) in [4.78, 5) is 11.0. The van der Waals surface area contributed by atoms with E-state index >= 15 is 0 Å². The molecule has 0 aliphatic rings. The fourth-order valence-corrected chi connectivity index (χ4v) is 1.51. The lowest BCUT2D eigenvalue weighted by molar-refractivity contribution is -0.137. The zero-order chi connectivity index (χ0) is 12.5. The van der Waals surface area contributed by atoms with Crippen LogP contribution in [-0.4, -0.2) is 19.1 Å². The monoisotopic (exact) mass is 253 g/mol. The van der Waals surface area contributed by atoms with Gasteiger partial charge in [0.1, 0.15) is 0 Å². The lowest BCUT2D eigenvalue weighted by Crippen LogP contribution is -2.13. The smallest absolute Gasteiger partial charge is 0.330 e. The van der Waals surface area contributed by atoms with Crippen molar-refractivity contribution in [3.05, 3.63) is 47.0 Å². The summed E-state index contributed by atoms with van der Waals surface area (Å²) in [5, 5.41) is 3.90. The Labute approximate surface area is 106 Å². The van der Waals surface area contributed by atoms with Gasteiger partial charge >= 0.3 is 5.97 Å². The minimum atomic E-state index is -0.308. The maximum atomic E-state index is 11.0. The topological polar surface area (TPSA) is 38.3 Å². The highest BCUT2D eigenvalue weighted by Gasteiger charge is 1.94. The molecule has 0 saturated carbocycles. The molecule has 0 heterocycles. The van der Waals surface area contributed by atoms with Gasteiger partial charge in [-0.1, -0.05) is 29.8 Å². The molecule has 0 bridgehead atoms. The van der Waals surface area contributed by atoms with Crippen molar-refractivity contribution in [3.8, 4) is 0 Å². The number of hydrogen-bond donors (Lipinski definition) is 1. The zero-order valence-corrected chi connectivity index (χ0v) is 10.5. The van der Waals surface area contributed by atoms with Crippen LogP contribution in [0.25, 0.3) is 0 Å². The maximum Gasteiger partial charge on any atom is 0.330 e. The van der Waals surface area contributed by atoms with Crippen molar-refractivity contribution in [2.24, 2.45) is 0 Å². The number of ether oxygens (including phenoxy) is 1. The van der Waals surface area contributed by atoms with E-state index < -0.39 is 0 Å². The number of carbonyl (C=O) groups is 1. The van der Waals surface area contributed by atoms with Crippen molar-refractivity contribution in [1.29, 1.82) is 0 Å². The summed E-state index contributed by atoms with van der Waals surface area (Å²) >= 11 is 5.86. The van der Waals surface area contributed by atoms with Crippen LogP contribution in [0.2, 0.25) is 5.02 Å². The van der Waals surface area contributed by atoms with E-state index in [2.05, 4.69) is 5.32 Å². The van der Waals surface area contributed by atoms with Crippen LogP contribution in [0, 0.1) is 0 Å². The molecule has 0 spiro atoms. The average molecular weight is 254 g/mol. The third-order valence-corrected chi connectivity index (χ3v) is 2.26. The van der Waals surface area contributed by atoms with E-state index in [1.54, 1.807) is 13.0 Å². The standard InChI is InChI=1S/C13H16ClNO2/c1-2-17-13(16)7-4-8-15-10-11-5-3-6-12(14)9-11/h3-7,9,15H,2,8,10H2,1H3/b7-4+. The van der Waals surface area contributed by atoms with Gasteiger partial charge in [0.05, 0.1) is 6.61 Å². The molecule has 0 unspecified atom stereocenters. The van der Waals surface area contributed by atoms with Crippen LogP contribution in [0.4, 0.5) is 0 Å². The Morgan fingerprint density at radius 1 is 1.53 bits per heavy atom. The molecule has 92 valence electrons. The van der Waals surface area contributed by atoms with Crippen LogP contribution in [0.15, 0.2) is 36.4 Å². The van der Waals surface area contributed by atoms with Crippen molar-refractivity contribution >= 4 is 17.6 Å². The molecule has 3 nitrogen and oxygen atoms in total. The molecule has 1 aromatic carbocycles. The van der Waals surface area contributed by atoms with E-state index in [1.807, 2.05) is 24.3 Å². The summed E-state index contributed by atoms with van der Waals surface area (Å²) in [6.07, 6.45) is 3.16. The molecule has 1 rings (SSSR count). The number of carbonyl (C=O) groups excluding carboxylic acids is 1.